The number of nitrogens with one attached hydrogen (secondary N) is 1. The molecule has 0 radical (unpaired) electrons. The van der Waals surface area contributed by atoms with Crippen molar-refractivity contribution in [3.63, 3.8) is 0 Å². The number of aromatic nitrogens is 1. The fourth-order valence-electron chi connectivity index (χ4n) is 1.73. The third kappa shape index (κ3) is 4.04. The maximum absolute atomic E-state index is 12.4. The molecule has 21 heavy (non-hydrogen) atoms. The van der Waals surface area contributed by atoms with Crippen LogP contribution in [0.2, 0.25) is 5.02 Å². The van der Waals surface area contributed by atoms with Crippen molar-refractivity contribution in [3.05, 3.63) is 43.8 Å². The third-order valence-corrected chi connectivity index (χ3v) is 6.65. The van der Waals surface area contributed by atoms with Crippen LogP contribution in [-0.2, 0) is 16.4 Å². The van der Waals surface area contributed by atoms with Gasteiger partial charge in [-0.25, -0.2) is 18.1 Å². The molecule has 0 amide bonds. The van der Waals surface area contributed by atoms with Gasteiger partial charge in [0.15, 0.2) is 0 Å². The highest BCUT2D eigenvalue weighted by atomic mass is 79.9. The van der Waals surface area contributed by atoms with Gasteiger partial charge in [-0.05, 0) is 31.5 Å². The molecule has 1 atom stereocenters. The Kier molecular flexibility index (Phi) is 5.43. The smallest absolute Gasteiger partial charge is 0.242 e. The van der Waals surface area contributed by atoms with E-state index in [2.05, 4.69) is 25.6 Å². The van der Waals surface area contributed by atoms with Gasteiger partial charge in [-0.1, -0.05) is 34.5 Å². The predicted molar refractivity (Wildman–Crippen MR) is 89.4 cm³/mol. The molecule has 1 aromatic heterocycles. The van der Waals surface area contributed by atoms with Crippen LogP contribution in [0.25, 0.3) is 0 Å². The normalized spacial score (nSPS) is 13.3. The summed E-state index contributed by atoms with van der Waals surface area (Å²) in [5.74, 6) is 0. The molecular weight excluding hydrogens is 396 g/mol. The first-order valence-corrected chi connectivity index (χ1v) is 9.72. The quantitative estimate of drug-likeness (QED) is 0.806. The lowest BCUT2D eigenvalue weighted by Gasteiger charge is -2.13. The number of aryl methyl sites for hydroxylation is 1. The molecule has 0 saturated heterocycles. The van der Waals surface area contributed by atoms with E-state index in [4.69, 9.17) is 11.6 Å². The Morgan fingerprint density at radius 2 is 2.19 bits per heavy atom. The van der Waals surface area contributed by atoms with E-state index >= 15 is 0 Å². The highest BCUT2D eigenvalue weighted by Gasteiger charge is 2.22. The summed E-state index contributed by atoms with van der Waals surface area (Å²) in [7, 11) is -3.69. The van der Waals surface area contributed by atoms with Crippen molar-refractivity contribution in [1.82, 2.24) is 9.71 Å². The SMILES string of the molecule is CCc1cnc(C(C)NS(=O)(=O)c2ccc(Br)cc2Cl)s1. The van der Waals surface area contributed by atoms with Gasteiger partial charge in [0.2, 0.25) is 10.0 Å². The Bertz CT molecular complexity index is 746. The highest BCUT2D eigenvalue weighted by Crippen LogP contribution is 2.27. The van der Waals surface area contributed by atoms with E-state index in [0.29, 0.717) is 0 Å². The van der Waals surface area contributed by atoms with Crippen molar-refractivity contribution in [2.24, 2.45) is 0 Å². The Labute approximate surface area is 141 Å². The van der Waals surface area contributed by atoms with Crippen molar-refractivity contribution in [2.45, 2.75) is 31.2 Å². The van der Waals surface area contributed by atoms with E-state index in [1.165, 1.54) is 17.4 Å². The highest BCUT2D eigenvalue weighted by molar-refractivity contribution is 9.10. The van der Waals surface area contributed by atoms with Gasteiger partial charge in [-0.15, -0.1) is 11.3 Å². The lowest BCUT2D eigenvalue weighted by Crippen LogP contribution is -2.27. The van der Waals surface area contributed by atoms with Gasteiger partial charge in [0, 0.05) is 15.5 Å². The van der Waals surface area contributed by atoms with Crippen molar-refractivity contribution in [2.75, 3.05) is 0 Å². The van der Waals surface area contributed by atoms with Crippen molar-refractivity contribution in [1.29, 1.82) is 0 Å². The lowest BCUT2D eigenvalue weighted by atomic mass is 10.4. The fraction of sp³-hybridized carbons (Fsp3) is 0.308. The second kappa shape index (κ2) is 6.75. The van der Waals surface area contributed by atoms with Crippen LogP contribution in [0, 0.1) is 0 Å². The van der Waals surface area contributed by atoms with E-state index in [-0.39, 0.29) is 9.92 Å². The van der Waals surface area contributed by atoms with E-state index in [1.807, 2.05) is 6.92 Å². The molecule has 0 saturated carbocycles. The van der Waals surface area contributed by atoms with E-state index in [0.717, 1.165) is 20.8 Å². The van der Waals surface area contributed by atoms with Crippen LogP contribution < -0.4 is 4.72 Å². The molecule has 0 spiro atoms. The molecule has 0 bridgehead atoms. The summed E-state index contributed by atoms with van der Waals surface area (Å²) < 4.78 is 28.1. The first-order chi connectivity index (χ1) is 9.83. The van der Waals surface area contributed by atoms with Gasteiger partial charge in [-0.3, -0.25) is 0 Å². The molecule has 1 aromatic carbocycles. The monoisotopic (exact) mass is 408 g/mol. The zero-order chi connectivity index (χ0) is 15.6. The molecule has 4 nitrogen and oxygen atoms in total. The predicted octanol–water partition coefficient (Wildman–Crippen LogP) is 4.16. The minimum Gasteiger partial charge on any atom is -0.248 e. The maximum atomic E-state index is 12.4. The van der Waals surface area contributed by atoms with Crippen LogP contribution in [0.4, 0.5) is 0 Å². The number of halogens is 2. The van der Waals surface area contributed by atoms with Gasteiger partial charge in [0.25, 0.3) is 0 Å². The Morgan fingerprint density at radius 1 is 1.48 bits per heavy atom. The minimum absolute atomic E-state index is 0.0616. The van der Waals surface area contributed by atoms with Crippen LogP contribution in [0.15, 0.2) is 33.8 Å². The Balaban J connectivity index is 2.24. The van der Waals surface area contributed by atoms with Crippen LogP contribution >= 0.6 is 38.9 Å². The van der Waals surface area contributed by atoms with Crippen molar-refractivity contribution in [3.8, 4) is 0 Å². The molecule has 0 aliphatic carbocycles. The number of sulfonamides is 1. The second-order valence-corrected chi connectivity index (χ2v) is 8.59. The summed E-state index contributed by atoms with van der Waals surface area (Å²) in [6.45, 7) is 3.80. The van der Waals surface area contributed by atoms with Gasteiger partial charge >= 0.3 is 0 Å². The topological polar surface area (TPSA) is 59.1 Å². The van der Waals surface area contributed by atoms with E-state index in [1.54, 1.807) is 25.3 Å². The van der Waals surface area contributed by atoms with E-state index < -0.39 is 16.1 Å². The molecule has 0 aliphatic rings. The molecule has 0 aliphatic heterocycles. The summed E-state index contributed by atoms with van der Waals surface area (Å²) in [4.78, 5) is 5.44. The molecule has 2 aromatic rings. The van der Waals surface area contributed by atoms with Crippen molar-refractivity contribution >= 4 is 48.9 Å². The molecule has 114 valence electrons. The average Bonchev–Trinajstić information content (AvgIpc) is 2.86. The van der Waals surface area contributed by atoms with Crippen LogP contribution in [0.5, 0.6) is 0 Å². The molecule has 0 fully saturated rings. The van der Waals surface area contributed by atoms with Gasteiger partial charge in [-0.2, -0.15) is 0 Å². The first-order valence-electron chi connectivity index (χ1n) is 6.25. The Morgan fingerprint density at radius 3 is 2.76 bits per heavy atom. The summed E-state index contributed by atoms with van der Waals surface area (Å²) in [5.41, 5.74) is 0. The fourth-order valence-corrected chi connectivity index (χ4v) is 4.91. The lowest BCUT2D eigenvalue weighted by molar-refractivity contribution is 0.566. The van der Waals surface area contributed by atoms with Gasteiger partial charge in [0.05, 0.1) is 11.1 Å². The molecule has 2 rings (SSSR count). The first kappa shape index (κ1) is 16.9. The summed E-state index contributed by atoms with van der Waals surface area (Å²) in [5, 5.41) is 0.918. The van der Waals surface area contributed by atoms with E-state index in [9.17, 15) is 8.42 Å². The molecule has 1 N–H and O–H groups in total. The number of thiazole rings is 1. The molecular formula is C13H14BrClN2O2S2. The Hall–Kier alpha value is -0.470. The zero-order valence-corrected chi connectivity index (χ0v) is 15.4. The van der Waals surface area contributed by atoms with Crippen LogP contribution in [-0.4, -0.2) is 13.4 Å². The molecule has 1 heterocycles. The molecule has 1 unspecified atom stereocenters. The zero-order valence-electron chi connectivity index (χ0n) is 11.4. The largest absolute Gasteiger partial charge is 0.248 e. The number of nitrogens with zero attached hydrogens (tertiary/aromatic N) is 1. The summed E-state index contributed by atoms with van der Waals surface area (Å²) in [6.07, 6.45) is 2.66. The van der Waals surface area contributed by atoms with Gasteiger partial charge in [0.1, 0.15) is 9.90 Å². The van der Waals surface area contributed by atoms with Crippen LogP contribution in [0.3, 0.4) is 0 Å². The summed E-state index contributed by atoms with van der Waals surface area (Å²) in [6, 6.07) is 4.27. The maximum Gasteiger partial charge on any atom is 0.242 e. The van der Waals surface area contributed by atoms with Gasteiger partial charge < -0.3 is 0 Å². The summed E-state index contributed by atoms with van der Waals surface area (Å²) >= 11 is 10.8. The second-order valence-electron chi connectivity index (χ2n) is 4.44. The standard InChI is InChI=1S/C13H14BrClN2O2S2/c1-3-10-7-16-13(20-10)8(2)17-21(18,19)12-5-4-9(14)6-11(12)15/h4-8,17H,3H2,1-2H3. The average molecular weight is 410 g/mol. The minimum atomic E-state index is -3.69. The van der Waals surface area contributed by atoms with Crippen molar-refractivity contribution < 1.29 is 8.42 Å². The number of benzene rings is 1. The number of hydrogen-bond donors (Lipinski definition) is 1. The van der Waals surface area contributed by atoms with Crippen LogP contribution in [0.1, 0.15) is 29.8 Å². The number of rotatable bonds is 5. The third-order valence-electron chi connectivity index (χ3n) is 2.81. The molecule has 8 heteroatoms. The number of hydrogen-bond acceptors (Lipinski definition) is 4.